The van der Waals surface area contributed by atoms with Gasteiger partial charge in [-0.05, 0) is 60.4 Å². The Morgan fingerprint density at radius 3 is 1.92 bits per heavy atom. The lowest BCUT2D eigenvalue weighted by Crippen LogP contribution is -2.38. The number of nitriles is 2. The molecule has 2 amide bonds. The highest BCUT2D eigenvalue weighted by Crippen LogP contribution is 2.36. The van der Waals surface area contributed by atoms with Gasteiger partial charge in [-0.25, -0.2) is 4.90 Å². The van der Waals surface area contributed by atoms with E-state index in [4.69, 9.17) is 0 Å². The molecule has 0 aliphatic rings. The fraction of sp³-hybridized carbons (Fsp3) is 0.231. The molecule has 7 N–H and O–H groups in total. The highest BCUT2D eigenvalue weighted by Gasteiger charge is 2.19. The number of hydrogen-bond acceptors (Lipinski definition) is 10. The molecule has 0 bridgehead atoms. The summed E-state index contributed by atoms with van der Waals surface area (Å²) in [7, 11) is 0. The number of phenols is 6. The van der Waals surface area contributed by atoms with Crippen LogP contribution in [0.5, 0.6) is 34.5 Å². The zero-order valence-corrected chi connectivity index (χ0v) is 20.3. The summed E-state index contributed by atoms with van der Waals surface area (Å²) in [6.45, 7) is 1.79. The lowest BCUT2D eigenvalue weighted by Gasteiger charge is -2.20. The van der Waals surface area contributed by atoms with Crippen LogP contribution >= 0.6 is 0 Å². The Bertz CT molecular complexity index is 1310. The number of nitrogens with zero attached hydrogens (tertiary/aromatic N) is 3. The average molecular weight is 523 g/mol. The first-order valence-electron chi connectivity index (χ1n) is 11.3. The van der Waals surface area contributed by atoms with E-state index >= 15 is 0 Å². The fourth-order valence-corrected chi connectivity index (χ4v) is 3.40. The number of nitrogens with one attached hydrogen (secondary N) is 1. The summed E-state index contributed by atoms with van der Waals surface area (Å²) in [5.41, 5.74) is -0.0433. The number of hydrogen-bond donors (Lipinski definition) is 7. The minimum absolute atomic E-state index is 0.0675. The average Bonchev–Trinajstić information content (AvgIpc) is 2.87. The van der Waals surface area contributed by atoms with E-state index in [1.54, 1.807) is 12.3 Å². The van der Waals surface area contributed by atoms with Crippen molar-refractivity contribution in [2.24, 2.45) is 0 Å². The lowest BCUT2D eigenvalue weighted by molar-refractivity contribution is -0.123. The van der Waals surface area contributed by atoms with Crippen LogP contribution in [0, 0.1) is 22.8 Å². The van der Waals surface area contributed by atoms with E-state index in [1.807, 2.05) is 6.92 Å². The number of phenolic OH excluding ortho intramolecular Hbond substituents is 6. The van der Waals surface area contributed by atoms with E-state index < -0.39 is 52.4 Å². The number of benzene rings is 2. The molecule has 2 aromatic rings. The van der Waals surface area contributed by atoms with E-state index in [0.717, 1.165) is 41.3 Å². The molecular formula is C26H26N4O8. The summed E-state index contributed by atoms with van der Waals surface area (Å²) < 4.78 is 0. The minimum Gasteiger partial charge on any atom is -0.504 e. The molecule has 0 aliphatic carbocycles. The van der Waals surface area contributed by atoms with Gasteiger partial charge in [0.25, 0.3) is 11.8 Å². The first-order valence-corrected chi connectivity index (χ1v) is 11.3. The summed E-state index contributed by atoms with van der Waals surface area (Å²) in [6.07, 6.45) is 6.44. The molecule has 12 nitrogen and oxygen atoms in total. The van der Waals surface area contributed by atoms with Crippen LogP contribution in [-0.4, -0.2) is 59.9 Å². The molecule has 0 aromatic heterocycles. The standard InChI is InChI=1S/C26H26N4O8/c1-2-3-18(29-26(38)17(13-27)8-16-11-21(33)25(37)22(34)12-16)6-7-30(14-28)23(35)5-4-15-9-19(31)24(36)20(32)10-15/h4-5,8-12,18,31-34,36-37H,2-3,6-7H2,1H3,(H,29,38). The third-order valence-corrected chi connectivity index (χ3v) is 5.34. The molecule has 2 rings (SSSR count). The Morgan fingerprint density at radius 2 is 1.45 bits per heavy atom. The Morgan fingerprint density at radius 1 is 0.921 bits per heavy atom. The smallest absolute Gasteiger partial charge is 0.262 e. The predicted octanol–water partition coefficient (Wildman–Crippen LogP) is 2.53. The van der Waals surface area contributed by atoms with E-state index in [9.17, 15) is 50.8 Å². The predicted molar refractivity (Wildman–Crippen MR) is 134 cm³/mol. The Balaban J connectivity index is 2.09. The molecule has 12 heteroatoms. The quantitative estimate of drug-likeness (QED) is 0.0794. The molecule has 0 heterocycles. The summed E-state index contributed by atoms with van der Waals surface area (Å²) in [5.74, 6) is -5.33. The second kappa shape index (κ2) is 13.1. The second-order valence-corrected chi connectivity index (χ2v) is 8.16. The Labute approximate surface area is 217 Å². The lowest BCUT2D eigenvalue weighted by atomic mass is 10.1. The first kappa shape index (κ1) is 28.9. The number of carbonyl (C=O) groups excluding carboxylic acids is 2. The van der Waals surface area contributed by atoms with Gasteiger partial charge in [-0.1, -0.05) is 13.3 Å². The van der Waals surface area contributed by atoms with Crippen LogP contribution in [0.25, 0.3) is 12.2 Å². The maximum absolute atomic E-state index is 12.7. The summed E-state index contributed by atoms with van der Waals surface area (Å²) in [4.78, 5) is 26.0. The molecule has 0 aliphatic heterocycles. The van der Waals surface area contributed by atoms with Crippen LogP contribution in [0.15, 0.2) is 35.9 Å². The maximum Gasteiger partial charge on any atom is 0.262 e. The van der Waals surface area contributed by atoms with Gasteiger partial charge < -0.3 is 36.0 Å². The third kappa shape index (κ3) is 7.57. The number of amides is 2. The van der Waals surface area contributed by atoms with E-state index in [1.165, 1.54) is 6.08 Å². The summed E-state index contributed by atoms with van der Waals surface area (Å²) >= 11 is 0. The largest absolute Gasteiger partial charge is 0.504 e. The van der Waals surface area contributed by atoms with Crippen molar-refractivity contribution in [1.29, 1.82) is 10.5 Å². The van der Waals surface area contributed by atoms with Gasteiger partial charge in [0.2, 0.25) is 0 Å². The zero-order chi connectivity index (χ0) is 28.4. The van der Waals surface area contributed by atoms with Crippen molar-refractivity contribution in [3.05, 3.63) is 47.0 Å². The Kier molecular flexibility index (Phi) is 9.94. The van der Waals surface area contributed by atoms with Gasteiger partial charge in [-0.2, -0.15) is 10.5 Å². The minimum atomic E-state index is -0.750. The topological polar surface area (TPSA) is 218 Å². The Hall–Kier alpha value is -5.36. The molecule has 0 spiro atoms. The molecule has 1 atom stereocenters. The number of aromatic hydroxyl groups is 6. The highest BCUT2D eigenvalue weighted by molar-refractivity contribution is 6.02. The summed E-state index contributed by atoms with van der Waals surface area (Å²) in [6, 6.07) is 5.58. The van der Waals surface area contributed by atoms with Gasteiger partial charge in [-0.15, -0.1) is 0 Å². The molecule has 0 radical (unpaired) electrons. The SMILES string of the molecule is CCCC(CCN(C#N)C(=O)C=Cc1cc(O)c(O)c(O)c1)NC(=O)C(C#N)=Cc1cc(O)c(O)c(O)c1. The van der Waals surface area contributed by atoms with Crippen LogP contribution in [0.1, 0.15) is 37.3 Å². The van der Waals surface area contributed by atoms with Crippen molar-refractivity contribution in [3.63, 3.8) is 0 Å². The third-order valence-electron chi connectivity index (χ3n) is 5.34. The van der Waals surface area contributed by atoms with Gasteiger partial charge in [-0.3, -0.25) is 9.59 Å². The number of carbonyl (C=O) groups is 2. The van der Waals surface area contributed by atoms with Crippen LogP contribution in [-0.2, 0) is 9.59 Å². The monoisotopic (exact) mass is 522 g/mol. The van der Waals surface area contributed by atoms with Gasteiger partial charge in [0.1, 0.15) is 11.6 Å². The van der Waals surface area contributed by atoms with E-state index in [0.29, 0.717) is 12.8 Å². The van der Waals surface area contributed by atoms with Crippen LogP contribution in [0.3, 0.4) is 0 Å². The normalized spacial score (nSPS) is 11.9. The molecule has 38 heavy (non-hydrogen) atoms. The summed E-state index contributed by atoms with van der Waals surface area (Å²) in [5, 5.41) is 78.7. The van der Waals surface area contributed by atoms with Crippen LogP contribution in [0.4, 0.5) is 0 Å². The van der Waals surface area contributed by atoms with Crippen molar-refractivity contribution in [2.45, 2.75) is 32.2 Å². The molecule has 2 aromatic carbocycles. The molecular weight excluding hydrogens is 496 g/mol. The van der Waals surface area contributed by atoms with Crippen molar-refractivity contribution in [2.75, 3.05) is 6.54 Å². The van der Waals surface area contributed by atoms with Crippen LogP contribution < -0.4 is 5.32 Å². The molecule has 0 fully saturated rings. The highest BCUT2D eigenvalue weighted by atomic mass is 16.3. The maximum atomic E-state index is 12.7. The molecule has 1 unspecified atom stereocenters. The van der Waals surface area contributed by atoms with Crippen LogP contribution in [0.2, 0.25) is 0 Å². The fourth-order valence-electron chi connectivity index (χ4n) is 3.40. The van der Waals surface area contributed by atoms with Gasteiger partial charge in [0.05, 0.1) is 0 Å². The second-order valence-electron chi connectivity index (χ2n) is 8.16. The van der Waals surface area contributed by atoms with Gasteiger partial charge >= 0.3 is 0 Å². The van der Waals surface area contributed by atoms with E-state index in [2.05, 4.69) is 5.32 Å². The molecule has 0 saturated heterocycles. The van der Waals surface area contributed by atoms with Crippen molar-refractivity contribution < 1.29 is 40.2 Å². The van der Waals surface area contributed by atoms with Gasteiger partial charge in [0.15, 0.2) is 40.7 Å². The van der Waals surface area contributed by atoms with Crippen molar-refractivity contribution in [3.8, 4) is 46.8 Å². The molecule has 198 valence electrons. The zero-order valence-electron chi connectivity index (χ0n) is 20.3. The number of rotatable bonds is 10. The van der Waals surface area contributed by atoms with Crippen molar-refractivity contribution in [1.82, 2.24) is 10.2 Å². The van der Waals surface area contributed by atoms with Gasteiger partial charge in [0, 0.05) is 18.7 Å². The van der Waals surface area contributed by atoms with Crippen molar-refractivity contribution >= 4 is 24.0 Å². The first-order chi connectivity index (χ1) is 18.0. The molecule has 0 saturated carbocycles. The van der Waals surface area contributed by atoms with E-state index in [-0.39, 0.29) is 29.7 Å².